The van der Waals surface area contributed by atoms with Gasteiger partial charge in [0.1, 0.15) is 5.82 Å². The largest absolute Gasteiger partial charge is 0.319 e. The number of aromatic nitrogens is 1. The standard InChI is InChI=1S/C12H7BrClFN2O/c13-8-3-7(5-16-6-8)12(18)17-11-2-1-9(14)4-10(11)15/h1-6H,(H,17,18). The van der Waals surface area contributed by atoms with Crippen molar-refractivity contribution in [1.82, 2.24) is 4.98 Å². The molecule has 0 saturated heterocycles. The molecule has 18 heavy (non-hydrogen) atoms. The quantitative estimate of drug-likeness (QED) is 0.908. The van der Waals surface area contributed by atoms with Gasteiger partial charge in [0, 0.05) is 21.9 Å². The van der Waals surface area contributed by atoms with Gasteiger partial charge in [-0.05, 0) is 40.2 Å². The van der Waals surface area contributed by atoms with Crippen LogP contribution in [-0.4, -0.2) is 10.9 Å². The monoisotopic (exact) mass is 328 g/mol. The number of anilines is 1. The molecule has 0 spiro atoms. The topological polar surface area (TPSA) is 42.0 Å². The molecule has 0 saturated carbocycles. The highest BCUT2D eigenvalue weighted by molar-refractivity contribution is 9.10. The molecule has 2 aromatic rings. The lowest BCUT2D eigenvalue weighted by Gasteiger charge is -2.06. The molecule has 1 aromatic carbocycles. The zero-order valence-electron chi connectivity index (χ0n) is 8.95. The summed E-state index contributed by atoms with van der Waals surface area (Å²) in [4.78, 5) is 15.7. The number of benzene rings is 1. The van der Waals surface area contributed by atoms with Crippen molar-refractivity contribution in [3.63, 3.8) is 0 Å². The molecule has 0 fully saturated rings. The molecule has 92 valence electrons. The number of hydrogen-bond donors (Lipinski definition) is 1. The molecule has 0 atom stereocenters. The molecule has 0 aliphatic rings. The second kappa shape index (κ2) is 5.46. The first-order valence-electron chi connectivity index (χ1n) is 4.93. The van der Waals surface area contributed by atoms with Crippen molar-refractivity contribution in [2.24, 2.45) is 0 Å². The van der Waals surface area contributed by atoms with Crippen molar-refractivity contribution < 1.29 is 9.18 Å². The predicted molar refractivity (Wildman–Crippen MR) is 71.3 cm³/mol. The Morgan fingerprint density at radius 2 is 2.11 bits per heavy atom. The van der Waals surface area contributed by atoms with Crippen LogP contribution in [0.4, 0.5) is 10.1 Å². The van der Waals surface area contributed by atoms with Crippen molar-refractivity contribution >= 4 is 39.1 Å². The van der Waals surface area contributed by atoms with E-state index in [1.807, 2.05) is 0 Å². The third-order valence-corrected chi connectivity index (χ3v) is 2.82. The van der Waals surface area contributed by atoms with Crippen LogP contribution in [0.3, 0.4) is 0 Å². The number of nitrogens with one attached hydrogen (secondary N) is 1. The Kier molecular flexibility index (Phi) is 3.93. The lowest BCUT2D eigenvalue weighted by atomic mass is 10.2. The molecule has 0 radical (unpaired) electrons. The maximum absolute atomic E-state index is 13.5. The average molecular weight is 330 g/mol. The molecule has 6 heteroatoms. The highest BCUT2D eigenvalue weighted by Crippen LogP contribution is 2.20. The third-order valence-electron chi connectivity index (χ3n) is 2.15. The second-order valence-corrected chi connectivity index (χ2v) is 4.82. The van der Waals surface area contributed by atoms with Gasteiger partial charge in [-0.25, -0.2) is 4.39 Å². The first-order chi connectivity index (χ1) is 8.56. The fraction of sp³-hybridized carbons (Fsp3) is 0. The van der Waals surface area contributed by atoms with Gasteiger partial charge in [-0.3, -0.25) is 9.78 Å². The van der Waals surface area contributed by atoms with E-state index in [9.17, 15) is 9.18 Å². The van der Waals surface area contributed by atoms with Gasteiger partial charge in [-0.1, -0.05) is 11.6 Å². The van der Waals surface area contributed by atoms with Crippen molar-refractivity contribution in [1.29, 1.82) is 0 Å². The smallest absolute Gasteiger partial charge is 0.257 e. The zero-order valence-corrected chi connectivity index (χ0v) is 11.3. The number of carbonyl (C=O) groups is 1. The Bertz CT molecular complexity index is 606. The first kappa shape index (κ1) is 13.0. The fourth-order valence-electron chi connectivity index (χ4n) is 1.32. The zero-order chi connectivity index (χ0) is 13.1. The van der Waals surface area contributed by atoms with E-state index < -0.39 is 11.7 Å². The van der Waals surface area contributed by atoms with Crippen molar-refractivity contribution in [3.05, 3.63) is 57.5 Å². The molecule has 2 rings (SSSR count). The van der Waals surface area contributed by atoms with E-state index in [2.05, 4.69) is 26.2 Å². The Morgan fingerprint density at radius 1 is 1.33 bits per heavy atom. The van der Waals surface area contributed by atoms with E-state index in [4.69, 9.17) is 11.6 Å². The number of pyridine rings is 1. The third kappa shape index (κ3) is 3.05. The van der Waals surface area contributed by atoms with Crippen LogP contribution in [0.15, 0.2) is 41.1 Å². The Morgan fingerprint density at radius 3 is 2.78 bits per heavy atom. The van der Waals surface area contributed by atoms with Gasteiger partial charge in [0.15, 0.2) is 0 Å². The Hall–Kier alpha value is -1.46. The fourth-order valence-corrected chi connectivity index (χ4v) is 1.84. The van der Waals surface area contributed by atoms with Gasteiger partial charge in [0.05, 0.1) is 11.3 Å². The van der Waals surface area contributed by atoms with Gasteiger partial charge >= 0.3 is 0 Å². The second-order valence-electron chi connectivity index (χ2n) is 3.47. The van der Waals surface area contributed by atoms with E-state index in [-0.39, 0.29) is 10.7 Å². The maximum Gasteiger partial charge on any atom is 0.257 e. The van der Waals surface area contributed by atoms with Crippen LogP contribution in [0.1, 0.15) is 10.4 Å². The van der Waals surface area contributed by atoms with Crippen LogP contribution < -0.4 is 5.32 Å². The maximum atomic E-state index is 13.5. The molecule has 1 heterocycles. The number of nitrogens with zero attached hydrogens (tertiary/aromatic N) is 1. The van der Waals surface area contributed by atoms with E-state index >= 15 is 0 Å². The molecule has 1 N–H and O–H groups in total. The number of hydrogen-bond acceptors (Lipinski definition) is 2. The SMILES string of the molecule is O=C(Nc1ccc(Cl)cc1F)c1cncc(Br)c1. The summed E-state index contributed by atoms with van der Waals surface area (Å²) in [7, 11) is 0. The summed E-state index contributed by atoms with van der Waals surface area (Å²) in [5.41, 5.74) is 0.406. The minimum Gasteiger partial charge on any atom is -0.319 e. The lowest BCUT2D eigenvalue weighted by Crippen LogP contribution is -2.13. The summed E-state index contributed by atoms with van der Waals surface area (Å²) >= 11 is 8.83. The highest BCUT2D eigenvalue weighted by Gasteiger charge is 2.10. The van der Waals surface area contributed by atoms with Gasteiger partial charge < -0.3 is 5.32 Å². The predicted octanol–water partition coefficient (Wildman–Crippen LogP) is 3.89. The average Bonchev–Trinajstić information content (AvgIpc) is 2.32. The molecule has 0 bridgehead atoms. The summed E-state index contributed by atoms with van der Waals surface area (Å²) < 4.78 is 14.2. The summed E-state index contributed by atoms with van der Waals surface area (Å²) in [6.45, 7) is 0. The minimum absolute atomic E-state index is 0.0735. The molecule has 1 aromatic heterocycles. The van der Waals surface area contributed by atoms with Gasteiger partial charge in [-0.2, -0.15) is 0 Å². The number of carbonyl (C=O) groups excluding carboxylic acids is 1. The summed E-state index contributed by atoms with van der Waals surface area (Å²) in [5.74, 6) is -1.02. The summed E-state index contributed by atoms with van der Waals surface area (Å²) in [6.07, 6.45) is 2.95. The molecular formula is C12H7BrClFN2O. The van der Waals surface area contributed by atoms with Crippen molar-refractivity contribution in [2.45, 2.75) is 0 Å². The number of halogens is 3. The minimum atomic E-state index is -0.584. The summed E-state index contributed by atoms with van der Waals surface area (Å²) in [5, 5.41) is 2.72. The van der Waals surface area contributed by atoms with Crippen molar-refractivity contribution in [3.8, 4) is 0 Å². The van der Waals surface area contributed by atoms with Crippen LogP contribution in [0.5, 0.6) is 0 Å². The van der Waals surface area contributed by atoms with Crippen LogP contribution in [0, 0.1) is 5.82 Å². The normalized spacial score (nSPS) is 10.2. The van der Waals surface area contributed by atoms with E-state index in [1.54, 1.807) is 12.3 Å². The molecule has 0 aliphatic carbocycles. The van der Waals surface area contributed by atoms with E-state index in [1.165, 1.54) is 18.3 Å². The molecule has 0 aliphatic heterocycles. The van der Waals surface area contributed by atoms with Crippen LogP contribution >= 0.6 is 27.5 Å². The van der Waals surface area contributed by atoms with Crippen molar-refractivity contribution in [2.75, 3.05) is 5.32 Å². The van der Waals surface area contributed by atoms with Crippen LogP contribution in [0.2, 0.25) is 5.02 Å². The number of rotatable bonds is 2. The number of amides is 1. The Labute approximate surface area is 116 Å². The van der Waals surface area contributed by atoms with Gasteiger partial charge in [0.2, 0.25) is 0 Å². The highest BCUT2D eigenvalue weighted by atomic mass is 79.9. The Balaban J connectivity index is 2.21. The first-order valence-corrected chi connectivity index (χ1v) is 6.10. The van der Waals surface area contributed by atoms with Crippen LogP contribution in [-0.2, 0) is 0 Å². The van der Waals surface area contributed by atoms with Gasteiger partial charge in [-0.15, -0.1) is 0 Å². The van der Waals surface area contributed by atoms with Gasteiger partial charge in [0.25, 0.3) is 5.91 Å². The van der Waals surface area contributed by atoms with Crippen LogP contribution in [0.25, 0.3) is 0 Å². The molecule has 1 amide bonds. The van der Waals surface area contributed by atoms with E-state index in [0.717, 1.165) is 6.07 Å². The molecular weight excluding hydrogens is 322 g/mol. The molecule has 3 nitrogen and oxygen atoms in total. The molecule has 0 unspecified atom stereocenters. The summed E-state index contributed by atoms with van der Waals surface area (Å²) in [6, 6.07) is 5.63. The van der Waals surface area contributed by atoms with E-state index in [0.29, 0.717) is 10.0 Å². The lowest BCUT2D eigenvalue weighted by molar-refractivity contribution is 0.102.